The van der Waals surface area contributed by atoms with E-state index >= 15 is 0 Å². The van der Waals surface area contributed by atoms with Crippen molar-refractivity contribution >= 4 is 34.3 Å². The number of carboxylic acids is 1. The van der Waals surface area contributed by atoms with Crippen molar-refractivity contribution in [2.24, 2.45) is 29.6 Å². The lowest BCUT2D eigenvalue weighted by molar-refractivity contribution is -0.299. The second-order valence-electron chi connectivity index (χ2n) is 20.8. The summed E-state index contributed by atoms with van der Waals surface area (Å²) in [5.41, 5.74) is -1.08. The van der Waals surface area contributed by atoms with Crippen LogP contribution < -0.4 is 15.6 Å². The van der Waals surface area contributed by atoms with Crippen LogP contribution in [0.1, 0.15) is 91.9 Å². The molecule has 0 radical (unpaired) electrons. The van der Waals surface area contributed by atoms with Crippen LogP contribution in [0.2, 0.25) is 0 Å². The maximum absolute atomic E-state index is 14.5. The molecule has 18 atom stereocenters. The predicted octanol–water partition coefficient (Wildman–Crippen LogP) is 3.18. The molecule has 5 aliphatic heterocycles. The Morgan fingerprint density at radius 1 is 0.887 bits per heavy atom. The van der Waals surface area contributed by atoms with Gasteiger partial charge in [-0.1, -0.05) is 27.7 Å². The number of halogens is 1. The number of esters is 1. The first kappa shape index (κ1) is 56.6. The minimum Gasteiger partial charge on any atom is -0.477 e. The van der Waals surface area contributed by atoms with Crippen LogP contribution >= 0.6 is 0 Å². The van der Waals surface area contributed by atoms with Gasteiger partial charge in [0.05, 0.1) is 60.4 Å². The van der Waals surface area contributed by atoms with Gasteiger partial charge in [0, 0.05) is 81.6 Å². The summed E-state index contributed by atoms with van der Waals surface area (Å²) in [6.45, 7) is 19.9. The maximum atomic E-state index is 14.5. The number of hydrogen-bond acceptors (Lipinski definition) is 17. The number of pyridine rings is 1. The van der Waals surface area contributed by atoms with E-state index in [9.17, 15) is 38.9 Å². The molecular formula is C51H79FN4O15. The van der Waals surface area contributed by atoms with Crippen molar-refractivity contribution in [3.63, 3.8) is 0 Å². The summed E-state index contributed by atoms with van der Waals surface area (Å²) >= 11 is 0. The van der Waals surface area contributed by atoms with Crippen LogP contribution in [0.5, 0.6) is 0 Å². The molecule has 5 aliphatic rings. The molecule has 400 valence electrons. The Morgan fingerprint density at radius 2 is 1.55 bits per heavy atom. The lowest BCUT2D eigenvalue weighted by atomic mass is 9.76. The van der Waals surface area contributed by atoms with Crippen LogP contribution in [-0.4, -0.2) is 181 Å². The van der Waals surface area contributed by atoms with E-state index < -0.39 is 114 Å². The highest BCUT2D eigenvalue weighted by molar-refractivity contribution is 5.94. The minimum absolute atomic E-state index is 0.100. The molecule has 6 heterocycles. The highest BCUT2D eigenvalue weighted by Crippen LogP contribution is 2.43. The third-order valence-corrected chi connectivity index (χ3v) is 15.6. The topological polar surface area (TPSA) is 241 Å². The van der Waals surface area contributed by atoms with Crippen LogP contribution in [0.15, 0.2) is 23.1 Å². The number of methoxy groups -OCH3 is 1. The monoisotopic (exact) mass is 1010 g/mol. The highest BCUT2D eigenvalue weighted by Gasteiger charge is 2.57. The van der Waals surface area contributed by atoms with Gasteiger partial charge in [-0.2, -0.15) is 0 Å². The Hall–Kier alpha value is -3.67. The third kappa shape index (κ3) is 12.5. The molecule has 1 aromatic heterocycles. The van der Waals surface area contributed by atoms with Gasteiger partial charge in [0.1, 0.15) is 29.7 Å². The second kappa shape index (κ2) is 23.7. The zero-order valence-corrected chi connectivity index (χ0v) is 43.4. The number of aromatic nitrogens is 1. The summed E-state index contributed by atoms with van der Waals surface area (Å²) in [6.07, 6.45) is -5.82. The number of cyclic esters (lactones) is 1. The van der Waals surface area contributed by atoms with Crippen LogP contribution in [0.25, 0.3) is 10.9 Å². The third-order valence-electron chi connectivity index (χ3n) is 15.6. The first-order valence-electron chi connectivity index (χ1n) is 25.2. The fourth-order valence-corrected chi connectivity index (χ4v) is 10.9. The van der Waals surface area contributed by atoms with E-state index in [1.807, 2.05) is 51.6 Å². The van der Waals surface area contributed by atoms with Crippen molar-refractivity contribution < 1.29 is 72.4 Å². The van der Waals surface area contributed by atoms with Crippen molar-refractivity contribution in [2.75, 3.05) is 58.9 Å². The predicted molar refractivity (Wildman–Crippen MR) is 260 cm³/mol. The molecule has 71 heavy (non-hydrogen) atoms. The molecule has 5 fully saturated rings. The molecule has 1 aromatic carbocycles. The molecule has 0 amide bonds. The van der Waals surface area contributed by atoms with Crippen LogP contribution in [-0.2, 0) is 49.3 Å². The summed E-state index contributed by atoms with van der Waals surface area (Å²) in [7, 11) is 5.32. The van der Waals surface area contributed by atoms with Gasteiger partial charge in [-0.3, -0.25) is 14.4 Å². The van der Waals surface area contributed by atoms with E-state index in [-0.39, 0.29) is 54.2 Å². The number of aryl methyl sites for hydroxylation is 1. The number of epoxide rings is 1. The van der Waals surface area contributed by atoms with Gasteiger partial charge >= 0.3 is 11.9 Å². The Bertz CT molecular complexity index is 2220. The molecule has 19 nitrogen and oxygen atoms in total. The van der Waals surface area contributed by atoms with Crippen LogP contribution in [0.4, 0.5) is 10.1 Å². The number of Topliss-reactive ketones (excluding diaryl/α,β-unsaturated/α-hetero) is 1. The molecule has 0 aliphatic carbocycles. The molecule has 1 spiro atoms. The number of nitrogens with one attached hydrogen (secondary N) is 1. The molecule has 5 saturated heterocycles. The van der Waals surface area contributed by atoms with E-state index in [0.717, 1.165) is 19.2 Å². The number of likely N-dealkylation sites (N-methyl/N-ethyl adjacent to an activating group) is 1. The van der Waals surface area contributed by atoms with Gasteiger partial charge in [-0.15, -0.1) is 0 Å². The number of carbonyl (C=O) groups excluding carboxylic acids is 2. The number of carboxylic acid groups (broad SMARTS) is 1. The fraction of sp³-hybridized carbons (Fsp3) is 0.765. The average molecular weight is 1010 g/mol. The summed E-state index contributed by atoms with van der Waals surface area (Å²) in [4.78, 5) is 55.1. The Morgan fingerprint density at radius 3 is 2.14 bits per heavy atom. The number of rotatable bonds is 9. The number of aliphatic hydroxyl groups excluding tert-OH is 3. The number of carbonyl (C=O) groups is 3. The lowest BCUT2D eigenvalue weighted by Crippen LogP contribution is -2.57. The molecule has 5 N–H and O–H groups in total. The first-order valence-corrected chi connectivity index (χ1v) is 25.2. The summed E-state index contributed by atoms with van der Waals surface area (Å²) in [5, 5.41) is 45.8. The molecule has 20 heteroatoms. The number of hydrogen-bond donors (Lipinski definition) is 5. The zero-order valence-electron chi connectivity index (χ0n) is 43.4. The van der Waals surface area contributed by atoms with E-state index in [4.69, 9.17) is 38.3 Å². The lowest BCUT2D eigenvalue weighted by Gasteiger charge is -2.46. The van der Waals surface area contributed by atoms with Crippen molar-refractivity contribution in [3.8, 4) is 0 Å². The van der Waals surface area contributed by atoms with E-state index in [0.29, 0.717) is 37.3 Å². The number of fused-ring (bicyclic) bond motifs is 1. The average Bonchev–Trinajstić information content (AvgIpc) is 4.13. The first-order chi connectivity index (χ1) is 33.4. The Kier molecular flexibility index (Phi) is 18.9. The Balaban J connectivity index is 0.000000297. The molecule has 0 unspecified atom stereocenters. The zero-order chi connectivity index (χ0) is 52.4. The van der Waals surface area contributed by atoms with Crippen molar-refractivity contribution in [1.82, 2.24) is 14.8 Å². The number of piperazine rings is 1. The second-order valence-corrected chi connectivity index (χ2v) is 20.8. The number of benzene rings is 1. The van der Waals surface area contributed by atoms with Crippen molar-refractivity contribution in [1.29, 1.82) is 0 Å². The number of ether oxygens (including phenoxy) is 7. The maximum Gasteiger partial charge on any atom is 0.341 e. The van der Waals surface area contributed by atoms with Gasteiger partial charge in [0.15, 0.2) is 24.0 Å². The molecule has 2 aromatic rings. The van der Waals surface area contributed by atoms with E-state index in [1.54, 1.807) is 45.3 Å². The van der Waals surface area contributed by atoms with E-state index in [1.165, 1.54) is 13.3 Å². The molecule has 0 bridgehead atoms. The van der Waals surface area contributed by atoms with Gasteiger partial charge in [-0.25, -0.2) is 9.18 Å². The molecule has 7 rings (SSSR count). The normalized spacial score (nSPS) is 38.6. The Labute approximate surface area is 416 Å². The van der Waals surface area contributed by atoms with Crippen LogP contribution in [0, 0.1) is 35.4 Å². The fourth-order valence-electron chi connectivity index (χ4n) is 10.9. The molecule has 0 saturated carbocycles. The van der Waals surface area contributed by atoms with Crippen molar-refractivity contribution in [2.45, 2.75) is 167 Å². The summed E-state index contributed by atoms with van der Waals surface area (Å²) in [5.74, 6) is -5.54. The van der Waals surface area contributed by atoms with Crippen LogP contribution in [0.3, 0.4) is 0 Å². The minimum atomic E-state index is -1.30. The molecular weight excluding hydrogens is 928 g/mol. The SMILES string of the molecule is CCn1cc(C(=O)O)c(=O)c2cc(F)c(N3CCNCC3)cc21.CO[C@H]1C[C@H](O[C@H]2[C@H](C)[C@@H](O[C@@H]3O[C@H](C)C[C@H](N(C)C)[C@H]3O)[C@@H](C)C[C@@]3(CO3)C(=O)[C@H](C)[C@@H](O)[C@@H](C)[C@@H](C)OC(=O)[C@@H]2C)O[C@@H](C)[C@@H]1O. The van der Waals surface area contributed by atoms with Gasteiger partial charge in [-0.05, 0) is 79.6 Å². The quantitative estimate of drug-likeness (QED) is 0.179. The summed E-state index contributed by atoms with van der Waals surface area (Å²) in [6, 6.07) is 2.59. The largest absolute Gasteiger partial charge is 0.477 e. The van der Waals surface area contributed by atoms with Crippen molar-refractivity contribution in [3.05, 3.63) is 39.9 Å². The number of ketones is 1. The summed E-state index contributed by atoms with van der Waals surface area (Å²) < 4.78 is 59.2. The van der Waals surface area contributed by atoms with Gasteiger partial charge < -0.3 is 73.3 Å². The number of anilines is 1. The smallest absolute Gasteiger partial charge is 0.341 e. The highest BCUT2D eigenvalue weighted by atomic mass is 19.1. The number of aliphatic hydroxyl groups is 3. The van der Waals surface area contributed by atoms with Gasteiger partial charge in [0.2, 0.25) is 5.43 Å². The van der Waals surface area contributed by atoms with Gasteiger partial charge in [0.25, 0.3) is 0 Å². The number of aromatic carboxylic acids is 1. The standard InChI is InChI=1S/C35H61NO12.C16H18FN3O3/c1-16-14-35(15-43-35)32(40)19(4)27(37)18(3)22(7)46-33(41)21(6)31(47-26-13-25(42-11)28(38)23(8)45-26)20(5)30(16)48-34-29(39)24(36(9)10)12-17(2)44-34;1-2-19-9-11(16(22)23)15(21)10-7-12(17)14(8-13(10)19)20-5-3-18-4-6-20/h16-31,34,37-39H,12-15H2,1-11H3;7-9,18H,2-6H2,1H3,(H,22,23)/t16-,17+,18-,19+,20+,21+,22+,23-,24-,25-,26-,27-,28-,29+,30-,31-,34-,35+;/m0./s1. The number of nitrogens with zero attached hydrogens (tertiary/aromatic N) is 3. The van der Waals surface area contributed by atoms with E-state index in [2.05, 4.69) is 5.32 Å².